The number of aromatic nitrogens is 2. The molecule has 1 saturated heterocycles. The van der Waals surface area contributed by atoms with Gasteiger partial charge in [0.15, 0.2) is 11.6 Å². The Labute approximate surface area is 117 Å². The Morgan fingerprint density at radius 2 is 1.95 bits per heavy atom. The Morgan fingerprint density at radius 1 is 1.25 bits per heavy atom. The zero-order valence-electron chi connectivity index (χ0n) is 11.9. The summed E-state index contributed by atoms with van der Waals surface area (Å²) < 4.78 is 5.73. The smallest absolute Gasteiger partial charge is 0.246 e. The van der Waals surface area contributed by atoms with Crippen LogP contribution in [0.1, 0.15) is 20.8 Å². The second kappa shape index (κ2) is 4.90. The maximum atomic E-state index is 11.8. The third-order valence-corrected chi connectivity index (χ3v) is 3.54. The van der Waals surface area contributed by atoms with E-state index in [2.05, 4.69) is 25.5 Å². The van der Waals surface area contributed by atoms with Gasteiger partial charge in [-0.1, -0.05) is 0 Å². The van der Waals surface area contributed by atoms with Gasteiger partial charge >= 0.3 is 0 Å². The van der Waals surface area contributed by atoms with Crippen molar-refractivity contribution in [3.05, 3.63) is 6.33 Å². The zero-order chi connectivity index (χ0) is 14.3. The molecule has 0 radical (unpaired) electrons. The Kier molecular flexibility index (Phi) is 3.21. The van der Waals surface area contributed by atoms with Crippen LogP contribution >= 0.6 is 0 Å². The lowest BCUT2D eigenvalue weighted by Crippen LogP contribution is -2.47. The number of ether oxygens (including phenoxy) is 1. The summed E-state index contributed by atoms with van der Waals surface area (Å²) in [7, 11) is 0. The van der Waals surface area contributed by atoms with Crippen molar-refractivity contribution in [2.75, 3.05) is 28.6 Å². The number of amides is 1. The van der Waals surface area contributed by atoms with Crippen LogP contribution in [-0.2, 0) is 9.53 Å². The molecule has 1 aromatic heterocycles. The lowest BCUT2D eigenvalue weighted by molar-refractivity contribution is -0.116. The van der Waals surface area contributed by atoms with Gasteiger partial charge in [0, 0.05) is 13.1 Å². The van der Waals surface area contributed by atoms with Crippen LogP contribution in [0.3, 0.4) is 0 Å². The second-order valence-corrected chi connectivity index (χ2v) is 5.44. The van der Waals surface area contributed by atoms with Gasteiger partial charge in [-0.15, -0.1) is 0 Å². The summed E-state index contributed by atoms with van der Waals surface area (Å²) in [5.74, 6) is 1.36. The van der Waals surface area contributed by atoms with E-state index in [1.807, 2.05) is 13.8 Å². The van der Waals surface area contributed by atoms with Gasteiger partial charge in [0.05, 0.1) is 12.2 Å². The molecule has 7 heteroatoms. The molecule has 2 aliphatic heterocycles. The quantitative estimate of drug-likeness (QED) is 0.792. The highest BCUT2D eigenvalue weighted by Gasteiger charge is 2.30. The maximum absolute atomic E-state index is 11.8. The summed E-state index contributed by atoms with van der Waals surface area (Å²) >= 11 is 0. The molecule has 108 valence electrons. The predicted octanol–water partition coefficient (Wildman–Crippen LogP) is 0.843. The molecule has 0 aromatic carbocycles. The average Bonchev–Trinajstić information content (AvgIpc) is 2.38. The average molecular weight is 277 g/mol. The number of fused-ring (bicyclic) bond motifs is 1. The van der Waals surface area contributed by atoms with Crippen LogP contribution in [0, 0.1) is 0 Å². The third-order valence-electron chi connectivity index (χ3n) is 3.54. The molecule has 3 unspecified atom stereocenters. The van der Waals surface area contributed by atoms with E-state index in [9.17, 15) is 4.79 Å². The van der Waals surface area contributed by atoms with Crippen LogP contribution in [0.4, 0.5) is 17.3 Å². The minimum atomic E-state index is -0.284. The first-order valence-corrected chi connectivity index (χ1v) is 6.87. The summed E-state index contributed by atoms with van der Waals surface area (Å²) in [6.45, 7) is 7.38. The van der Waals surface area contributed by atoms with Crippen molar-refractivity contribution in [3.63, 3.8) is 0 Å². The van der Waals surface area contributed by atoms with E-state index in [4.69, 9.17) is 4.74 Å². The highest BCUT2D eigenvalue weighted by molar-refractivity contribution is 6.04. The van der Waals surface area contributed by atoms with Crippen molar-refractivity contribution in [1.82, 2.24) is 9.97 Å². The Hall–Kier alpha value is -1.89. The van der Waals surface area contributed by atoms with Gasteiger partial charge in [-0.2, -0.15) is 0 Å². The number of anilines is 3. The number of carbonyl (C=O) groups excluding carboxylic acids is 1. The van der Waals surface area contributed by atoms with Crippen LogP contribution in [0.2, 0.25) is 0 Å². The van der Waals surface area contributed by atoms with Crippen LogP contribution in [0.5, 0.6) is 0 Å². The van der Waals surface area contributed by atoms with Gasteiger partial charge in [-0.05, 0) is 20.8 Å². The van der Waals surface area contributed by atoms with Crippen molar-refractivity contribution >= 4 is 23.2 Å². The molecule has 2 N–H and O–H groups in total. The summed E-state index contributed by atoms with van der Waals surface area (Å²) in [6, 6.07) is -0.284. The second-order valence-electron chi connectivity index (χ2n) is 5.44. The van der Waals surface area contributed by atoms with Gasteiger partial charge in [0.1, 0.15) is 18.1 Å². The molecule has 0 saturated carbocycles. The lowest BCUT2D eigenvalue weighted by atomic mass is 10.2. The first-order chi connectivity index (χ1) is 9.54. The third kappa shape index (κ3) is 2.29. The van der Waals surface area contributed by atoms with Crippen molar-refractivity contribution in [3.8, 4) is 0 Å². The first-order valence-electron chi connectivity index (χ1n) is 6.87. The monoisotopic (exact) mass is 277 g/mol. The van der Waals surface area contributed by atoms with Crippen molar-refractivity contribution < 1.29 is 9.53 Å². The molecule has 1 aromatic rings. The lowest BCUT2D eigenvalue weighted by Gasteiger charge is -2.37. The highest BCUT2D eigenvalue weighted by atomic mass is 16.5. The number of nitrogens with zero attached hydrogens (tertiary/aromatic N) is 3. The SMILES string of the molecule is CC1CN(c2ncnc3c2NC(=O)C(C)N3)CC(C)O1. The van der Waals surface area contributed by atoms with Crippen molar-refractivity contribution in [2.45, 2.75) is 39.0 Å². The number of carbonyl (C=O) groups is 1. The van der Waals surface area contributed by atoms with E-state index in [1.54, 1.807) is 6.92 Å². The number of nitrogens with one attached hydrogen (secondary N) is 2. The Morgan fingerprint density at radius 3 is 2.65 bits per heavy atom. The van der Waals surface area contributed by atoms with E-state index >= 15 is 0 Å². The minimum absolute atomic E-state index is 0.0668. The van der Waals surface area contributed by atoms with Gasteiger partial charge < -0.3 is 20.3 Å². The Balaban J connectivity index is 1.94. The molecule has 1 fully saturated rings. The molecule has 0 bridgehead atoms. The summed E-state index contributed by atoms with van der Waals surface area (Å²) in [4.78, 5) is 22.5. The molecule has 1 amide bonds. The number of morpholine rings is 1. The fourth-order valence-electron chi connectivity index (χ4n) is 2.69. The number of hydrogen-bond acceptors (Lipinski definition) is 6. The molecule has 3 rings (SSSR count). The molecule has 2 aliphatic rings. The molecule has 7 nitrogen and oxygen atoms in total. The van der Waals surface area contributed by atoms with Crippen LogP contribution in [0.25, 0.3) is 0 Å². The van der Waals surface area contributed by atoms with Crippen LogP contribution in [0.15, 0.2) is 6.33 Å². The van der Waals surface area contributed by atoms with E-state index in [1.165, 1.54) is 6.33 Å². The summed E-state index contributed by atoms with van der Waals surface area (Å²) in [6.07, 6.45) is 1.79. The predicted molar refractivity (Wildman–Crippen MR) is 76.0 cm³/mol. The van der Waals surface area contributed by atoms with Gasteiger partial charge in [-0.25, -0.2) is 9.97 Å². The van der Waals surface area contributed by atoms with Crippen molar-refractivity contribution in [2.24, 2.45) is 0 Å². The first kappa shape index (κ1) is 13.1. The van der Waals surface area contributed by atoms with Gasteiger partial charge in [-0.3, -0.25) is 4.79 Å². The molecular formula is C13H19N5O2. The topological polar surface area (TPSA) is 79.4 Å². The minimum Gasteiger partial charge on any atom is -0.372 e. The van der Waals surface area contributed by atoms with Gasteiger partial charge in [0.2, 0.25) is 5.91 Å². The van der Waals surface area contributed by atoms with Crippen LogP contribution in [-0.4, -0.2) is 47.2 Å². The molecule has 3 heterocycles. The maximum Gasteiger partial charge on any atom is 0.246 e. The van der Waals surface area contributed by atoms with Gasteiger partial charge in [0.25, 0.3) is 0 Å². The van der Waals surface area contributed by atoms with E-state index in [-0.39, 0.29) is 24.2 Å². The highest BCUT2D eigenvalue weighted by Crippen LogP contribution is 2.33. The van der Waals surface area contributed by atoms with E-state index in [0.29, 0.717) is 11.5 Å². The number of rotatable bonds is 1. The zero-order valence-corrected chi connectivity index (χ0v) is 11.9. The number of hydrogen-bond donors (Lipinski definition) is 2. The standard InChI is InChI=1S/C13H19N5O2/c1-7-4-18(5-8(2)20-7)12-10-11(14-6-15-12)16-9(3)13(19)17-10/h6-9H,4-5H2,1-3H3,(H,17,19)(H,14,15,16). The van der Waals surface area contributed by atoms with E-state index in [0.717, 1.165) is 18.9 Å². The molecule has 3 atom stereocenters. The fourth-order valence-corrected chi connectivity index (χ4v) is 2.69. The van der Waals surface area contributed by atoms with Crippen molar-refractivity contribution in [1.29, 1.82) is 0 Å². The molecule has 0 aliphatic carbocycles. The molecular weight excluding hydrogens is 258 g/mol. The molecule has 20 heavy (non-hydrogen) atoms. The summed E-state index contributed by atoms with van der Waals surface area (Å²) in [5.41, 5.74) is 0.664. The fraction of sp³-hybridized carbons (Fsp3) is 0.615. The molecule has 0 spiro atoms. The normalized spacial score (nSPS) is 29.4. The largest absolute Gasteiger partial charge is 0.372 e. The Bertz CT molecular complexity index is 525. The van der Waals surface area contributed by atoms with Crippen LogP contribution < -0.4 is 15.5 Å². The summed E-state index contributed by atoms with van der Waals surface area (Å²) in [5, 5.41) is 5.99. The van der Waals surface area contributed by atoms with E-state index < -0.39 is 0 Å².